The molecule has 28 heavy (non-hydrogen) atoms. The van der Waals surface area contributed by atoms with E-state index in [0.29, 0.717) is 5.56 Å². The van der Waals surface area contributed by atoms with Crippen molar-refractivity contribution in [2.45, 2.75) is 25.9 Å². The minimum absolute atomic E-state index is 0. The third kappa shape index (κ3) is 6.07. The van der Waals surface area contributed by atoms with Crippen molar-refractivity contribution in [1.82, 2.24) is 0 Å². The number of ether oxygens (including phenoxy) is 1. The largest absolute Gasteiger partial charge is 0.456 e. The summed E-state index contributed by atoms with van der Waals surface area (Å²) in [6, 6.07) is 30.4. The van der Waals surface area contributed by atoms with Crippen LogP contribution in [-0.4, -0.2) is 26.1 Å². The van der Waals surface area contributed by atoms with Gasteiger partial charge in [-0.1, -0.05) is 78.9 Å². The highest BCUT2D eigenvalue weighted by molar-refractivity contribution is 7.73. The van der Waals surface area contributed by atoms with Crippen molar-refractivity contribution in [2.24, 2.45) is 0 Å². The Labute approximate surface area is 171 Å². The van der Waals surface area contributed by atoms with E-state index in [1.165, 1.54) is 10.6 Å². The summed E-state index contributed by atoms with van der Waals surface area (Å²) in [5.74, 6) is -0.260. The highest BCUT2D eigenvalue weighted by Gasteiger charge is 2.26. The summed E-state index contributed by atoms with van der Waals surface area (Å²) >= 11 is 0. The second-order valence-electron chi connectivity index (χ2n) is 7.09. The van der Waals surface area contributed by atoms with Crippen LogP contribution in [0.25, 0.3) is 0 Å². The van der Waals surface area contributed by atoms with Crippen LogP contribution in [0, 0.1) is 0 Å². The third-order valence-electron chi connectivity index (χ3n) is 4.45. The molecule has 0 atom stereocenters. The molecule has 0 aromatic heterocycles. The molecule has 0 amide bonds. The molecular formula is C24H25BO2P. The monoisotopic (exact) mass is 387 g/mol. The fourth-order valence-corrected chi connectivity index (χ4v) is 5.58. The molecule has 3 aromatic rings. The predicted octanol–water partition coefficient (Wildman–Crippen LogP) is 4.76. The van der Waals surface area contributed by atoms with Crippen molar-refractivity contribution < 1.29 is 9.53 Å². The van der Waals surface area contributed by atoms with Crippen LogP contribution in [0.3, 0.4) is 0 Å². The van der Waals surface area contributed by atoms with Crippen LogP contribution in [0.5, 0.6) is 0 Å². The third-order valence-corrected chi connectivity index (χ3v) is 6.97. The van der Waals surface area contributed by atoms with Gasteiger partial charge in [-0.05, 0) is 57.1 Å². The Morgan fingerprint density at radius 2 is 1.21 bits per heavy atom. The summed E-state index contributed by atoms with van der Waals surface area (Å²) in [5, 5.41) is 2.70. The molecule has 0 aliphatic carbocycles. The average molecular weight is 387 g/mol. The lowest BCUT2D eigenvalue weighted by Gasteiger charge is -2.28. The molecule has 0 N–H and O–H groups in total. The molecule has 3 rings (SSSR count). The maximum absolute atomic E-state index is 12.4. The smallest absolute Gasteiger partial charge is 0.338 e. The zero-order valence-electron chi connectivity index (χ0n) is 16.4. The predicted molar refractivity (Wildman–Crippen MR) is 120 cm³/mol. The van der Waals surface area contributed by atoms with E-state index in [1.54, 1.807) is 12.1 Å². The Bertz CT molecular complexity index is 812. The van der Waals surface area contributed by atoms with Crippen LogP contribution >= 0.6 is 7.92 Å². The van der Waals surface area contributed by atoms with Crippen molar-refractivity contribution in [3.63, 3.8) is 0 Å². The zero-order chi connectivity index (χ0) is 19.1. The van der Waals surface area contributed by atoms with Crippen molar-refractivity contribution in [3.05, 3.63) is 96.6 Å². The molecule has 0 unspecified atom stereocenters. The Balaban J connectivity index is 0.00000280. The maximum atomic E-state index is 12.4. The Hall–Kier alpha value is -2.38. The Morgan fingerprint density at radius 1 is 0.786 bits per heavy atom. The molecule has 0 aliphatic rings. The van der Waals surface area contributed by atoms with Gasteiger partial charge >= 0.3 is 5.97 Å². The minimum atomic E-state index is -0.517. The second kappa shape index (κ2) is 10.2. The first-order chi connectivity index (χ1) is 13.1. The standard InChI is InChI=1S/C24H25O2P.B/c1-24(2,26-23(25)20-12-6-3-7-13-20)18-19-27(21-14-8-4-9-15-21)22-16-10-5-11-17-22;/h3-17H,18-19H2,1-2H3;. The van der Waals surface area contributed by atoms with Gasteiger partial charge in [0.25, 0.3) is 0 Å². The first kappa shape index (κ1) is 21.9. The summed E-state index contributed by atoms with van der Waals surface area (Å²) in [7, 11) is -0.486. The molecule has 141 valence electrons. The molecule has 3 radical (unpaired) electrons. The quantitative estimate of drug-likeness (QED) is 0.332. The molecule has 0 heterocycles. The lowest BCUT2D eigenvalue weighted by Crippen LogP contribution is -2.30. The van der Waals surface area contributed by atoms with Gasteiger partial charge in [0.05, 0.1) is 5.56 Å². The van der Waals surface area contributed by atoms with Gasteiger partial charge in [0.1, 0.15) is 5.60 Å². The van der Waals surface area contributed by atoms with Gasteiger partial charge in [-0.2, -0.15) is 0 Å². The van der Waals surface area contributed by atoms with Crippen LogP contribution < -0.4 is 10.6 Å². The van der Waals surface area contributed by atoms with Gasteiger partial charge in [-0.15, -0.1) is 0 Å². The van der Waals surface area contributed by atoms with Crippen molar-refractivity contribution in [3.8, 4) is 0 Å². The molecular weight excluding hydrogens is 362 g/mol. The highest BCUT2D eigenvalue weighted by Crippen LogP contribution is 2.36. The number of benzene rings is 3. The average Bonchev–Trinajstić information content (AvgIpc) is 2.70. The summed E-state index contributed by atoms with van der Waals surface area (Å²) in [5.41, 5.74) is 0.0795. The maximum Gasteiger partial charge on any atom is 0.338 e. The SMILES string of the molecule is CC(C)(CCP(c1ccccc1)c1ccccc1)OC(=O)c1ccccc1.[B]. The molecule has 0 aliphatic heterocycles. The van der Waals surface area contributed by atoms with Crippen molar-refractivity contribution in [1.29, 1.82) is 0 Å². The topological polar surface area (TPSA) is 26.3 Å². The van der Waals surface area contributed by atoms with E-state index in [4.69, 9.17) is 4.74 Å². The van der Waals surface area contributed by atoms with E-state index in [9.17, 15) is 4.79 Å². The molecule has 4 heteroatoms. The summed E-state index contributed by atoms with van der Waals surface area (Å²) in [6.07, 6.45) is 1.78. The second-order valence-corrected chi connectivity index (χ2v) is 9.42. The highest BCUT2D eigenvalue weighted by atomic mass is 31.1. The number of hydrogen-bond donors (Lipinski definition) is 0. The van der Waals surface area contributed by atoms with Crippen LogP contribution in [0.15, 0.2) is 91.0 Å². The summed E-state index contributed by atoms with van der Waals surface area (Å²) < 4.78 is 5.82. The first-order valence-corrected chi connectivity index (χ1v) is 10.7. The van der Waals surface area contributed by atoms with Gasteiger partial charge in [-0.25, -0.2) is 4.79 Å². The molecule has 0 saturated carbocycles. The van der Waals surface area contributed by atoms with E-state index in [0.717, 1.165) is 12.6 Å². The fraction of sp³-hybridized carbons (Fsp3) is 0.208. The molecule has 3 aromatic carbocycles. The van der Waals surface area contributed by atoms with Gasteiger partial charge in [0.2, 0.25) is 0 Å². The number of carbonyl (C=O) groups is 1. The molecule has 0 saturated heterocycles. The van der Waals surface area contributed by atoms with Gasteiger partial charge in [-0.3, -0.25) is 0 Å². The molecule has 2 nitrogen and oxygen atoms in total. The van der Waals surface area contributed by atoms with E-state index in [-0.39, 0.29) is 14.4 Å². The summed E-state index contributed by atoms with van der Waals surface area (Å²) in [4.78, 5) is 12.4. The van der Waals surface area contributed by atoms with Gasteiger partial charge < -0.3 is 4.74 Å². The molecule has 0 fully saturated rings. The van der Waals surface area contributed by atoms with Crippen molar-refractivity contribution in [2.75, 3.05) is 6.16 Å². The zero-order valence-corrected chi connectivity index (χ0v) is 17.3. The normalized spacial score (nSPS) is 11.0. The molecule has 0 bridgehead atoms. The number of carbonyl (C=O) groups excluding carboxylic acids is 1. The van der Waals surface area contributed by atoms with Crippen LogP contribution in [0.4, 0.5) is 0 Å². The van der Waals surface area contributed by atoms with Crippen molar-refractivity contribution >= 4 is 32.9 Å². The van der Waals surface area contributed by atoms with Crippen LogP contribution in [0.2, 0.25) is 0 Å². The van der Waals surface area contributed by atoms with Gasteiger partial charge in [0.15, 0.2) is 0 Å². The first-order valence-electron chi connectivity index (χ1n) is 9.21. The van der Waals surface area contributed by atoms with Gasteiger partial charge in [0, 0.05) is 8.41 Å². The lowest BCUT2D eigenvalue weighted by atomic mass is 10.1. The summed E-state index contributed by atoms with van der Waals surface area (Å²) in [6.45, 7) is 3.99. The Kier molecular flexibility index (Phi) is 8.02. The Morgan fingerprint density at radius 3 is 1.68 bits per heavy atom. The van der Waals surface area contributed by atoms with E-state index in [1.807, 2.05) is 44.2 Å². The lowest BCUT2D eigenvalue weighted by molar-refractivity contribution is -0.00199. The fourth-order valence-electron chi connectivity index (χ4n) is 2.94. The minimum Gasteiger partial charge on any atom is -0.456 e. The number of hydrogen-bond acceptors (Lipinski definition) is 2. The van der Waals surface area contributed by atoms with E-state index in [2.05, 4.69) is 48.5 Å². The number of esters is 1. The van der Waals surface area contributed by atoms with E-state index < -0.39 is 13.5 Å². The van der Waals surface area contributed by atoms with Crippen LogP contribution in [0.1, 0.15) is 30.6 Å². The van der Waals surface area contributed by atoms with E-state index >= 15 is 0 Å². The molecule has 0 spiro atoms. The van der Waals surface area contributed by atoms with Crippen LogP contribution in [-0.2, 0) is 4.74 Å². The number of rotatable bonds is 7.